The first-order valence-corrected chi connectivity index (χ1v) is 8.55. The van der Waals surface area contributed by atoms with Crippen LogP contribution in [-0.2, 0) is 27.1 Å². The topological polar surface area (TPSA) is 48.0 Å². The van der Waals surface area contributed by atoms with Crippen LogP contribution in [0.3, 0.4) is 0 Å². The molecule has 1 atom stereocenters. The molecule has 124 valence electrons. The summed E-state index contributed by atoms with van der Waals surface area (Å²) in [6.45, 7) is 3.69. The molecule has 5 nitrogen and oxygen atoms in total. The molecule has 1 amide bonds. The molecule has 0 bridgehead atoms. The van der Waals surface area contributed by atoms with Crippen LogP contribution in [0.4, 0.5) is 0 Å². The number of likely N-dealkylation sites (tertiary alicyclic amines) is 1. The zero-order valence-corrected chi connectivity index (χ0v) is 13.3. The Bertz CT molecular complexity index is 582. The van der Waals surface area contributed by atoms with E-state index in [1.165, 1.54) is 5.56 Å². The molecule has 0 N–H and O–H groups in total. The number of hydrogen-bond donors (Lipinski definition) is 0. The van der Waals surface area contributed by atoms with Gasteiger partial charge in [0.1, 0.15) is 5.75 Å². The highest BCUT2D eigenvalue weighted by atomic mass is 16.7. The average molecular weight is 317 g/mol. The predicted octanol–water partition coefficient (Wildman–Crippen LogP) is 1.78. The molecular weight excluding hydrogens is 294 g/mol. The summed E-state index contributed by atoms with van der Waals surface area (Å²) in [6, 6.07) is 6.11. The number of nitrogens with zero attached hydrogens (tertiary/aromatic N) is 1. The lowest BCUT2D eigenvalue weighted by atomic mass is 9.96. The highest BCUT2D eigenvalue weighted by Crippen LogP contribution is 2.27. The summed E-state index contributed by atoms with van der Waals surface area (Å²) in [5.41, 5.74) is 2.30. The second-order valence-electron chi connectivity index (χ2n) is 6.57. The first kappa shape index (κ1) is 15.0. The lowest BCUT2D eigenvalue weighted by Gasteiger charge is -2.34. The van der Waals surface area contributed by atoms with E-state index in [4.69, 9.17) is 14.2 Å². The number of hydrogen-bond acceptors (Lipinski definition) is 4. The molecule has 1 aromatic rings. The third-order valence-corrected chi connectivity index (χ3v) is 4.95. The van der Waals surface area contributed by atoms with E-state index in [1.54, 1.807) is 0 Å². The molecule has 0 spiro atoms. The molecule has 0 radical (unpaired) electrons. The third-order valence-electron chi connectivity index (χ3n) is 4.95. The molecule has 1 aromatic carbocycles. The van der Waals surface area contributed by atoms with Crippen LogP contribution in [0.25, 0.3) is 0 Å². The number of fused-ring (bicyclic) bond motifs is 1. The van der Waals surface area contributed by atoms with Crippen LogP contribution in [0.15, 0.2) is 18.2 Å². The van der Waals surface area contributed by atoms with E-state index in [9.17, 15) is 4.79 Å². The lowest BCUT2D eigenvalue weighted by Crippen LogP contribution is -2.44. The van der Waals surface area contributed by atoms with Crippen molar-refractivity contribution in [2.75, 3.05) is 32.9 Å². The van der Waals surface area contributed by atoms with E-state index in [2.05, 4.69) is 6.07 Å². The number of carbonyl (C=O) groups is 1. The van der Waals surface area contributed by atoms with E-state index in [0.717, 1.165) is 50.3 Å². The van der Waals surface area contributed by atoms with Gasteiger partial charge in [-0.25, -0.2) is 0 Å². The fourth-order valence-electron chi connectivity index (χ4n) is 3.74. The van der Waals surface area contributed by atoms with Gasteiger partial charge in [-0.2, -0.15) is 0 Å². The number of rotatable bonds is 3. The first-order valence-electron chi connectivity index (χ1n) is 8.55. The number of carbonyl (C=O) groups excluding carboxylic acids is 1. The van der Waals surface area contributed by atoms with Gasteiger partial charge in [0, 0.05) is 25.4 Å². The van der Waals surface area contributed by atoms with Crippen molar-refractivity contribution in [1.29, 1.82) is 0 Å². The van der Waals surface area contributed by atoms with Gasteiger partial charge in [0.05, 0.1) is 26.2 Å². The molecule has 5 heteroatoms. The standard InChI is InChI=1S/C18H23NO4/c20-17(11-13-3-4-16-14(10-13)5-7-21-16)19-6-1-2-15(12-19)18-22-8-9-23-18/h3-4,10,15,18H,1-2,5-9,11-12H2. The second kappa shape index (κ2) is 6.49. The Morgan fingerprint density at radius 1 is 1.22 bits per heavy atom. The predicted molar refractivity (Wildman–Crippen MR) is 84.3 cm³/mol. The molecule has 3 heterocycles. The van der Waals surface area contributed by atoms with Crippen molar-refractivity contribution >= 4 is 5.91 Å². The Balaban J connectivity index is 1.38. The summed E-state index contributed by atoms with van der Waals surface area (Å²) in [7, 11) is 0. The summed E-state index contributed by atoms with van der Waals surface area (Å²) >= 11 is 0. The quantitative estimate of drug-likeness (QED) is 0.852. The molecule has 2 fully saturated rings. The third kappa shape index (κ3) is 3.21. The van der Waals surface area contributed by atoms with E-state index < -0.39 is 0 Å². The van der Waals surface area contributed by atoms with Gasteiger partial charge < -0.3 is 19.1 Å². The van der Waals surface area contributed by atoms with Crippen molar-refractivity contribution in [3.8, 4) is 5.75 Å². The summed E-state index contributed by atoms with van der Waals surface area (Å²) < 4.78 is 16.8. The Hall–Kier alpha value is -1.59. The summed E-state index contributed by atoms with van der Waals surface area (Å²) in [4.78, 5) is 14.6. The molecule has 2 saturated heterocycles. The average Bonchev–Trinajstić information content (AvgIpc) is 3.26. The Morgan fingerprint density at radius 2 is 2.09 bits per heavy atom. The highest BCUT2D eigenvalue weighted by molar-refractivity contribution is 5.79. The summed E-state index contributed by atoms with van der Waals surface area (Å²) in [6.07, 6.45) is 3.39. The van der Waals surface area contributed by atoms with Crippen LogP contribution in [-0.4, -0.2) is 50.0 Å². The zero-order chi connectivity index (χ0) is 15.6. The molecule has 0 aromatic heterocycles. The van der Waals surface area contributed by atoms with Crippen LogP contribution in [0.5, 0.6) is 5.75 Å². The van der Waals surface area contributed by atoms with Crippen molar-refractivity contribution in [2.45, 2.75) is 32.0 Å². The molecule has 0 saturated carbocycles. The van der Waals surface area contributed by atoms with Crippen LogP contribution in [0.2, 0.25) is 0 Å². The van der Waals surface area contributed by atoms with Crippen molar-refractivity contribution in [1.82, 2.24) is 4.90 Å². The van der Waals surface area contributed by atoms with Crippen molar-refractivity contribution in [3.63, 3.8) is 0 Å². The fourth-order valence-corrected chi connectivity index (χ4v) is 3.74. The maximum atomic E-state index is 12.6. The highest BCUT2D eigenvalue weighted by Gasteiger charge is 2.32. The fraction of sp³-hybridized carbons (Fsp3) is 0.611. The molecule has 3 aliphatic rings. The number of piperidine rings is 1. The second-order valence-corrected chi connectivity index (χ2v) is 6.57. The monoisotopic (exact) mass is 317 g/mol. The summed E-state index contributed by atoms with van der Waals surface area (Å²) in [5.74, 6) is 1.48. The van der Waals surface area contributed by atoms with Gasteiger partial charge in [-0.05, 0) is 30.0 Å². The van der Waals surface area contributed by atoms with Crippen molar-refractivity contribution < 1.29 is 19.0 Å². The van der Waals surface area contributed by atoms with Crippen LogP contribution in [0, 0.1) is 5.92 Å². The number of amides is 1. The normalized spacial score (nSPS) is 24.5. The number of benzene rings is 1. The van der Waals surface area contributed by atoms with E-state index in [1.807, 2.05) is 17.0 Å². The minimum Gasteiger partial charge on any atom is -0.493 e. The van der Waals surface area contributed by atoms with Crippen molar-refractivity contribution in [3.05, 3.63) is 29.3 Å². The zero-order valence-electron chi connectivity index (χ0n) is 13.3. The molecule has 1 unspecified atom stereocenters. The summed E-state index contributed by atoms with van der Waals surface area (Å²) in [5, 5.41) is 0. The Kier molecular flexibility index (Phi) is 4.23. The van der Waals surface area contributed by atoms with E-state index in [-0.39, 0.29) is 12.2 Å². The molecule has 23 heavy (non-hydrogen) atoms. The molecule has 0 aliphatic carbocycles. The first-order chi connectivity index (χ1) is 11.3. The molecular formula is C18H23NO4. The Morgan fingerprint density at radius 3 is 2.96 bits per heavy atom. The van der Waals surface area contributed by atoms with E-state index in [0.29, 0.717) is 25.6 Å². The van der Waals surface area contributed by atoms with Gasteiger partial charge in [-0.3, -0.25) is 4.79 Å². The largest absolute Gasteiger partial charge is 0.493 e. The minimum atomic E-state index is -0.122. The number of ether oxygens (including phenoxy) is 3. The van der Waals surface area contributed by atoms with Gasteiger partial charge in [0.2, 0.25) is 5.91 Å². The maximum Gasteiger partial charge on any atom is 0.227 e. The SMILES string of the molecule is O=C(Cc1ccc2c(c1)CCO2)N1CCCC(C2OCCO2)C1. The van der Waals surface area contributed by atoms with E-state index >= 15 is 0 Å². The van der Waals surface area contributed by atoms with Crippen LogP contribution >= 0.6 is 0 Å². The van der Waals surface area contributed by atoms with Crippen LogP contribution < -0.4 is 4.74 Å². The molecule has 4 rings (SSSR count). The Labute approximate surface area is 136 Å². The van der Waals surface area contributed by atoms with Gasteiger partial charge >= 0.3 is 0 Å². The van der Waals surface area contributed by atoms with Crippen LogP contribution in [0.1, 0.15) is 24.0 Å². The smallest absolute Gasteiger partial charge is 0.227 e. The lowest BCUT2D eigenvalue weighted by molar-refractivity contribution is -0.138. The van der Waals surface area contributed by atoms with Gasteiger partial charge in [-0.1, -0.05) is 12.1 Å². The van der Waals surface area contributed by atoms with Gasteiger partial charge in [0.15, 0.2) is 6.29 Å². The maximum absolute atomic E-state index is 12.6. The molecule has 3 aliphatic heterocycles. The van der Waals surface area contributed by atoms with Gasteiger partial charge in [0.25, 0.3) is 0 Å². The van der Waals surface area contributed by atoms with Crippen molar-refractivity contribution in [2.24, 2.45) is 5.92 Å². The van der Waals surface area contributed by atoms with Gasteiger partial charge in [-0.15, -0.1) is 0 Å². The minimum absolute atomic E-state index is 0.122.